The lowest BCUT2D eigenvalue weighted by molar-refractivity contribution is -0.140. The van der Waals surface area contributed by atoms with E-state index >= 15 is 0 Å². The van der Waals surface area contributed by atoms with Crippen LogP contribution in [0.3, 0.4) is 0 Å². The number of aromatic nitrogens is 2. The molecule has 152 valence electrons. The summed E-state index contributed by atoms with van der Waals surface area (Å²) in [5, 5.41) is 11.2. The maximum atomic E-state index is 13.3. The van der Waals surface area contributed by atoms with E-state index in [1.807, 2.05) is 0 Å². The number of anilines is 1. The Morgan fingerprint density at radius 2 is 2.03 bits per heavy atom. The molecule has 0 bridgehead atoms. The minimum atomic E-state index is -4.50. The molecule has 2 amide bonds. The highest BCUT2D eigenvalue weighted by Gasteiger charge is 2.37. The van der Waals surface area contributed by atoms with E-state index in [1.165, 1.54) is 29.4 Å². The zero-order chi connectivity index (χ0) is 20.4. The van der Waals surface area contributed by atoms with E-state index in [-0.39, 0.29) is 30.4 Å². The van der Waals surface area contributed by atoms with E-state index in [9.17, 15) is 18.0 Å². The van der Waals surface area contributed by atoms with Gasteiger partial charge in [0.1, 0.15) is 6.10 Å². The fraction of sp³-hybridized carbons (Fsp3) is 0.278. The highest BCUT2D eigenvalue weighted by atomic mass is 32.1. The summed E-state index contributed by atoms with van der Waals surface area (Å²) in [5.74, 6) is 0.526. The van der Waals surface area contributed by atoms with Crippen molar-refractivity contribution >= 4 is 22.5 Å². The first-order valence-corrected chi connectivity index (χ1v) is 9.44. The number of furan rings is 1. The molecular formula is C18H15F3N4O3S. The molecule has 0 spiro atoms. The summed E-state index contributed by atoms with van der Waals surface area (Å²) >= 11 is 1.13. The van der Waals surface area contributed by atoms with Crippen LogP contribution in [-0.4, -0.2) is 40.8 Å². The van der Waals surface area contributed by atoms with E-state index in [1.54, 1.807) is 12.1 Å². The molecular weight excluding hydrogens is 409 g/mol. The van der Waals surface area contributed by atoms with Crippen LogP contribution in [0.5, 0.6) is 0 Å². The number of carbonyl (C=O) groups is 1. The molecule has 0 saturated carbocycles. The number of hydrogen-bond acceptors (Lipinski definition) is 6. The minimum absolute atomic E-state index is 0.00789. The number of nitrogens with zero attached hydrogens (tertiary/aromatic N) is 3. The zero-order valence-electron chi connectivity index (χ0n) is 14.8. The second kappa shape index (κ2) is 7.84. The van der Waals surface area contributed by atoms with Crippen molar-refractivity contribution in [3.63, 3.8) is 0 Å². The van der Waals surface area contributed by atoms with E-state index in [0.29, 0.717) is 10.8 Å². The molecule has 1 N–H and O–H groups in total. The van der Waals surface area contributed by atoms with Gasteiger partial charge in [0.2, 0.25) is 5.13 Å². The lowest BCUT2D eigenvalue weighted by Gasteiger charge is -2.33. The van der Waals surface area contributed by atoms with Gasteiger partial charge in [-0.2, -0.15) is 13.2 Å². The number of urea groups is 1. The molecule has 0 aliphatic carbocycles. The second-order valence-electron chi connectivity index (χ2n) is 6.21. The molecule has 7 nitrogen and oxygen atoms in total. The van der Waals surface area contributed by atoms with Gasteiger partial charge in [0.25, 0.3) is 0 Å². The van der Waals surface area contributed by atoms with Crippen molar-refractivity contribution in [2.24, 2.45) is 0 Å². The van der Waals surface area contributed by atoms with Gasteiger partial charge in [-0.05, 0) is 23.8 Å². The van der Waals surface area contributed by atoms with Crippen LogP contribution >= 0.6 is 11.3 Å². The normalized spacial score (nSPS) is 17.3. The summed E-state index contributed by atoms with van der Waals surface area (Å²) in [5.41, 5.74) is -0.756. The van der Waals surface area contributed by atoms with Crippen LogP contribution in [0.25, 0.3) is 10.8 Å². The van der Waals surface area contributed by atoms with Crippen molar-refractivity contribution in [3.05, 3.63) is 53.8 Å². The van der Waals surface area contributed by atoms with Gasteiger partial charge in [-0.15, -0.1) is 10.2 Å². The third-order valence-electron chi connectivity index (χ3n) is 4.34. The Hall–Kier alpha value is -2.92. The van der Waals surface area contributed by atoms with Gasteiger partial charge < -0.3 is 14.1 Å². The van der Waals surface area contributed by atoms with E-state index in [4.69, 9.17) is 9.15 Å². The number of benzene rings is 1. The van der Waals surface area contributed by atoms with Gasteiger partial charge in [-0.3, -0.25) is 5.32 Å². The Labute approximate surface area is 167 Å². The molecule has 29 heavy (non-hydrogen) atoms. The molecule has 1 atom stereocenters. The van der Waals surface area contributed by atoms with Crippen molar-refractivity contribution in [2.75, 3.05) is 25.0 Å². The van der Waals surface area contributed by atoms with Gasteiger partial charge in [0.05, 0.1) is 25.0 Å². The largest absolute Gasteiger partial charge is 0.462 e. The smallest absolute Gasteiger partial charge is 0.416 e. The Kier molecular flexibility index (Phi) is 5.24. The number of alkyl halides is 3. The minimum Gasteiger partial charge on any atom is -0.462 e. The van der Waals surface area contributed by atoms with Crippen molar-refractivity contribution in [2.45, 2.75) is 12.3 Å². The van der Waals surface area contributed by atoms with Gasteiger partial charge in [-0.1, -0.05) is 29.5 Å². The van der Waals surface area contributed by atoms with Crippen LogP contribution in [0.2, 0.25) is 0 Å². The molecule has 1 aliphatic heterocycles. The number of rotatable bonds is 3. The van der Waals surface area contributed by atoms with Crippen LogP contribution in [0.15, 0.2) is 47.1 Å². The standard InChI is InChI=1S/C18H15F3N4O3S/c19-18(20,21)12-5-2-1-4-11(12)14-10-25(7-9-28-14)17(26)22-16-24-23-15(29-16)13-6-3-8-27-13/h1-6,8,14H,7,9-10H2,(H,22,24,26). The number of amides is 2. The summed E-state index contributed by atoms with van der Waals surface area (Å²) in [4.78, 5) is 14.0. The summed E-state index contributed by atoms with van der Waals surface area (Å²) in [6.07, 6.45) is -3.87. The fourth-order valence-corrected chi connectivity index (χ4v) is 3.70. The Morgan fingerprint density at radius 3 is 2.79 bits per heavy atom. The molecule has 1 unspecified atom stereocenters. The first-order chi connectivity index (χ1) is 13.9. The van der Waals surface area contributed by atoms with Crippen molar-refractivity contribution in [1.29, 1.82) is 0 Å². The average molecular weight is 424 g/mol. The molecule has 3 aromatic rings. The maximum absolute atomic E-state index is 13.3. The Morgan fingerprint density at radius 1 is 1.21 bits per heavy atom. The predicted molar refractivity (Wildman–Crippen MR) is 98.3 cm³/mol. The summed E-state index contributed by atoms with van der Waals surface area (Å²) < 4.78 is 50.6. The van der Waals surface area contributed by atoms with Gasteiger partial charge in [0.15, 0.2) is 10.8 Å². The number of ether oxygens (including phenoxy) is 1. The lowest BCUT2D eigenvalue weighted by Crippen LogP contribution is -2.44. The monoisotopic (exact) mass is 424 g/mol. The summed E-state index contributed by atoms with van der Waals surface area (Å²) in [6.45, 7) is 0.362. The van der Waals surface area contributed by atoms with Crippen molar-refractivity contribution in [3.8, 4) is 10.8 Å². The molecule has 1 aliphatic rings. The molecule has 2 aromatic heterocycles. The number of morpholine rings is 1. The third kappa shape index (κ3) is 4.25. The third-order valence-corrected chi connectivity index (χ3v) is 5.19. The second-order valence-corrected chi connectivity index (χ2v) is 7.19. The quantitative estimate of drug-likeness (QED) is 0.673. The topological polar surface area (TPSA) is 80.5 Å². The van der Waals surface area contributed by atoms with E-state index in [0.717, 1.165) is 17.4 Å². The maximum Gasteiger partial charge on any atom is 0.416 e. The van der Waals surface area contributed by atoms with E-state index < -0.39 is 23.9 Å². The van der Waals surface area contributed by atoms with Crippen LogP contribution < -0.4 is 5.32 Å². The molecule has 1 saturated heterocycles. The lowest BCUT2D eigenvalue weighted by atomic mass is 10.0. The van der Waals surface area contributed by atoms with Gasteiger partial charge in [-0.25, -0.2) is 4.79 Å². The first kappa shape index (κ1) is 19.4. The molecule has 1 aromatic carbocycles. The summed E-state index contributed by atoms with van der Waals surface area (Å²) in [7, 11) is 0. The SMILES string of the molecule is O=C(Nc1nnc(-c2ccco2)s1)N1CCOC(c2ccccc2C(F)(F)F)C1. The highest BCUT2D eigenvalue weighted by Crippen LogP contribution is 2.36. The van der Waals surface area contributed by atoms with Crippen molar-refractivity contribution in [1.82, 2.24) is 15.1 Å². The number of carbonyl (C=O) groups excluding carboxylic acids is 1. The summed E-state index contributed by atoms with van der Waals surface area (Å²) in [6, 6.07) is 8.17. The van der Waals surface area contributed by atoms with Crippen molar-refractivity contribution < 1.29 is 27.1 Å². The average Bonchev–Trinajstić information content (AvgIpc) is 3.39. The fourth-order valence-electron chi connectivity index (χ4n) is 3.00. The molecule has 1 fully saturated rings. The first-order valence-electron chi connectivity index (χ1n) is 8.63. The predicted octanol–water partition coefficient (Wildman–Crippen LogP) is 4.42. The van der Waals surface area contributed by atoms with Crippen LogP contribution in [0.1, 0.15) is 17.2 Å². The number of halogens is 3. The van der Waals surface area contributed by atoms with Gasteiger partial charge >= 0.3 is 12.2 Å². The van der Waals surface area contributed by atoms with Crippen LogP contribution in [-0.2, 0) is 10.9 Å². The molecule has 0 radical (unpaired) electrons. The molecule has 11 heteroatoms. The Balaban J connectivity index is 1.46. The molecule has 3 heterocycles. The van der Waals surface area contributed by atoms with Crippen LogP contribution in [0.4, 0.5) is 23.1 Å². The van der Waals surface area contributed by atoms with Crippen LogP contribution in [0, 0.1) is 0 Å². The highest BCUT2D eigenvalue weighted by molar-refractivity contribution is 7.18. The van der Waals surface area contributed by atoms with Gasteiger partial charge in [0, 0.05) is 6.54 Å². The zero-order valence-corrected chi connectivity index (χ0v) is 15.7. The molecule has 4 rings (SSSR count). The van der Waals surface area contributed by atoms with E-state index in [2.05, 4.69) is 15.5 Å². The Bertz CT molecular complexity index is 990. The number of hydrogen-bond donors (Lipinski definition) is 1. The number of nitrogens with one attached hydrogen (secondary N) is 1.